The van der Waals surface area contributed by atoms with Crippen LogP contribution in [0.1, 0.15) is 0 Å². The first-order chi connectivity index (χ1) is 2.50. The summed E-state index contributed by atoms with van der Waals surface area (Å²) in [4.78, 5) is 0. The van der Waals surface area contributed by atoms with E-state index in [1.807, 2.05) is 17.5 Å². The molecule has 7 heavy (non-hydrogen) atoms. The zero-order valence-electron chi connectivity index (χ0n) is 3.76. The quantitative estimate of drug-likeness (QED) is 0.472. The smallest absolute Gasteiger partial charge is 0 e. The molecule has 0 aliphatic carbocycles. The Morgan fingerprint density at radius 1 is 1.43 bits per heavy atom. The fraction of sp³-hybridized carbons (Fsp3) is 0. The minimum atomic E-state index is 0. The van der Waals surface area contributed by atoms with Crippen molar-refractivity contribution in [2.45, 2.75) is 0 Å². The van der Waals surface area contributed by atoms with Crippen molar-refractivity contribution in [2.75, 3.05) is 0 Å². The van der Waals surface area contributed by atoms with Crippen LogP contribution in [-0.2, 0) is 19.5 Å². The van der Waals surface area contributed by atoms with Gasteiger partial charge in [0.25, 0.3) is 0 Å². The molecule has 0 aliphatic rings. The van der Waals surface area contributed by atoms with Crippen molar-refractivity contribution in [3.8, 4) is 0 Å². The molecule has 0 atom stereocenters. The summed E-state index contributed by atoms with van der Waals surface area (Å²) in [6.07, 6.45) is 0. The molecule has 0 saturated heterocycles. The minimum absolute atomic E-state index is 0. The van der Waals surface area contributed by atoms with E-state index in [-0.39, 0.29) is 36.5 Å². The molecule has 1 aromatic rings. The van der Waals surface area contributed by atoms with Crippen LogP contribution in [0.5, 0.6) is 0 Å². The molecule has 0 bridgehead atoms. The van der Waals surface area contributed by atoms with Gasteiger partial charge in [-0.25, -0.2) is 6.07 Å². The van der Waals surface area contributed by atoms with Crippen LogP contribution >= 0.6 is 28.3 Å². The van der Waals surface area contributed by atoms with E-state index in [1.54, 1.807) is 11.3 Å². The number of halogens is 1. The third-order valence-corrected chi connectivity index (χ3v) is 0.944. The molecule has 36 valence electrons. The Balaban J connectivity index is 0. The molecule has 0 amide bonds. The molecule has 1 heterocycles. The van der Waals surface area contributed by atoms with Crippen molar-refractivity contribution in [2.24, 2.45) is 0 Å². The SMILES string of the molecule is Br.[Zn].[c-]1cccs1. The van der Waals surface area contributed by atoms with Crippen molar-refractivity contribution in [3.63, 3.8) is 0 Å². The van der Waals surface area contributed by atoms with Crippen molar-refractivity contribution < 1.29 is 19.5 Å². The Labute approximate surface area is 70.5 Å². The summed E-state index contributed by atoms with van der Waals surface area (Å²) in [5.41, 5.74) is 0. The maximum atomic E-state index is 2.90. The monoisotopic (exact) mass is 227 g/mol. The Kier molecular flexibility index (Phi) is 10.4. The van der Waals surface area contributed by atoms with E-state index in [4.69, 9.17) is 0 Å². The zero-order chi connectivity index (χ0) is 3.54. The summed E-state index contributed by atoms with van der Waals surface area (Å²) in [5, 5.41) is 4.89. The van der Waals surface area contributed by atoms with Crippen molar-refractivity contribution in [1.82, 2.24) is 0 Å². The Bertz CT molecular complexity index is 68.2. The van der Waals surface area contributed by atoms with Crippen LogP contribution in [0.15, 0.2) is 17.5 Å². The largest absolute Gasteiger partial charge is 0.304 e. The summed E-state index contributed by atoms with van der Waals surface area (Å²) in [5.74, 6) is 0. The second-order valence-electron chi connectivity index (χ2n) is 0.731. The van der Waals surface area contributed by atoms with E-state index in [1.165, 1.54) is 0 Å². The van der Waals surface area contributed by atoms with Gasteiger partial charge in [-0.1, -0.05) is 0 Å². The fourth-order valence-corrected chi connectivity index (χ4v) is 0.589. The van der Waals surface area contributed by atoms with Gasteiger partial charge in [-0.15, -0.1) is 22.4 Å². The van der Waals surface area contributed by atoms with E-state index >= 15 is 0 Å². The minimum Gasteiger partial charge on any atom is -0.304 e. The maximum Gasteiger partial charge on any atom is 0 e. The van der Waals surface area contributed by atoms with Gasteiger partial charge in [0.05, 0.1) is 0 Å². The van der Waals surface area contributed by atoms with Crippen molar-refractivity contribution >= 4 is 28.3 Å². The summed E-state index contributed by atoms with van der Waals surface area (Å²) in [6.45, 7) is 0. The van der Waals surface area contributed by atoms with Crippen LogP contribution < -0.4 is 0 Å². The third kappa shape index (κ3) is 4.66. The topological polar surface area (TPSA) is 0 Å². The molecule has 1 rings (SSSR count). The first-order valence-corrected chi connectivity index (χ1v) is 2.27. The van der Waals surface area contributed by atoms with Gasteiger partial charge in [0.15, 0.2) is 0 Å². The Morgan fingerprint density at radius 3 is 2.29 bits per heavy atom. The fourth-order valence-electron chi connectivity index (χ4n) is 0.196. The van der Waals surface area contributed by atoms with Gasteiger partial charge >= 0.3 is 0 Å². The maximum absolute atomic E-state index is 2.90. The molecule has 0 aliphatic heterocycles. The number of hydrogen-bond acceptors (Lipinski definition) is 1. The molecular weight excluding hydrogens is 225 g/mol. The number of thiophene rings is 1. The van der Waals surface area contributed by atoms with Crippen LogP contribution in [0, 0.1) is 5.38 Å². The van der Waals surface area contributed by atoms with Gasteiger partial charge < -0.3 is 11.3 Å². The van der Waals surface area contributed by atoms with Gasteiger partial charge in [0.2, 0.25) is 0 Å². The second-order valence-corrected chi connectivity index (χ2v) is 1.47. The van der Waals surface area contributed by atoms with Crippen molar-refractivity contribution in [1.29, 1.82) is 0 Å². The van der Waals surface area contributed by atoms with Crippen LogP contribution in [0.25, 0.3) is 0 Å². The molecule has 0 nitrogen and oxygen atoms in total. The summed E-state index contributed by atoms with van der Waals surface area (Å²) in [7, 11) is 0. The van der Waals surface area contributed by atoms with E-state index in [0.717, 1.165) is 0 Å². The molecule has 0 spiro atoms. The van der Waals surface area contributed by atoms with Crippen molar-refractivity contribution in [3.05, 3.63) is 22.9 Å². The summed E-state index contributed by atoms with van der Waals surface area (Å²) < 4.78 is 0. The van der Waals surface area contributed by atoms with Crippen LogP contribution in [0.3, 0.4) is 0 Å². The van der Waals surface area contributed by atoms with Gasteiger partial charge in [-0.2, -0.15) is 11.4 Å². The molecule has 0 aromatic carbocycles. The first kappa shape index (κ1) is 10.7. The predicted octanol–water partition coefficient (Wildman–Crippen LogP) is 2.12. The van der Waals surface area contributed by atoms with E-state index in [9.17, 15) is 0 Å². The summed E-state index contributed by atoms with van der Waals surface area (Å²) in [6, 6.07) is 3.86. The van der Waals surface area contributed by atoms with Gasteiger partial charge in [0, 0.05) is 19.5 Å². The molecule has 0 fully saturated rings. The Morgan fingerprint density at radius 2 is 2.14 bits per heavy atom. The summed E-state index contributed by atoms with van der Waals surface area (Å²) >= 11 is 1.59. The van der Waals surface area contributed by atoms with Crippen LogP contribution in [-0.4, -0.2) is 0 Å². The number of rotatable bonds is 0. The van der Waals surface area contributed by atoms with Gasteiger partial charge in [0.1, 0.15) is 0 Å². The van der Waals surface area contributed by atoms with E-state index in [0.29, 0.717) is 0 Å². The molecule has 0 saturated carbocycles. The molecular formula is C4H4BrSZn-. The number of hydrogen-bond donors (Lipinski definition) is 0. The molecule has 1 aromatic heterocycles. The standard InChI is InChI=1S/C4H3S.BrH.Zn/c1-2-4-5-3-1;;/h1-3H;1H;/q-1;;. The molecule has 0 N–H and O–H groups in total. The normalized spacial score (nSPS) is 5.71. The predicted molar refractivity (Wildman–Crippen MR) is 33.5 cm³/mol. The first-order valence-electron chi connectivity index (χ1n) is 1.40. The molecule has 3 heteroatoms. The van der Waals surface area contributed by atoms with Crippen LogP contribution in [0.4, 0.5) is 0 Å². The zero-order valence-corrected chi connectivity index (χ0v) is 9.25. The van der Waals surface area contributed by atoms with E-state index < -0.39 is 0 Å². The van der Waals surface area contributed by atoms with E-state index in [2.05, 4.69) is 5.38 Å². The van der Waals surface area contributed by atoms with Crippen LogP contribution in [0.2, 0.25) is 0 Å². The third-order valence-electron chi connectivity index (χ3n) is 0.379. The molecule has 0 unspecified atom stereocenters. The van der Waals surface area contributed by atoms with Gasteiger partial charge in [-0.05, 0) is 0 Å². The molecule has 0 radical (unpaired) electrons. The average molecular weight is 229 g/mol. The second kappa shape index (κ2) is 6.80. The van der Waals surface area contributed by atoms with Gasteiger partial charge in [-0.3, -0.25) is 0 Å². The Hall–Kier alpha value is 0.803. The average Bonchev–Trinajstić information content (AvgIpc) is 1.76.